The van der Waals surface area contributed by atoms with Crippen molar-refractivity contribution in [1.29, 1.82) is 0 Å². The van der Waals surface area contributed by atoms with Crippen molar-refractivity contribution in [3.63, 3.8) is 0 Å². The lowest BCUT2D eigenvalue weighted by Gasteiger charge is -2.29. The van der Waals surface area contributed by atoms with Crippen molar-refractivity contribution in [2.24, 2.45) is 0 Å². The number of aromatic nitrogens is 1. The highest BCUT2D eigenvalue weighted by molar-refractivity contribution is 6.07. The number of benzene rings is 1. The van der Waals surface area contributed by atoms with Gasteiger partial charge in [-0.3, -0.25) is 4.79 Å². The van der Waals surface area contributed by atoms with Gasteiger partial charge in [0, 0.05) is 31.6 Å². The average Bonchev–Trinajstić information content (AvgIpc) is 3.12. The van der Waals surface area contributed by atoms with Gasteiger partial charge in [0.2, 0.25) is 0 Å². The number of nitrogens with one attached hydrogen (secondary N) is 1. The second kappa shape index (κ2) is 7.46. The first-order valence-corrected chi connectivity index (χ1v) is 9.40. The quantitative estimate of drug-likeness (QED) is 0.913. The Morgan fingerprint density at radius 2 is 2.12 bits per heavy atom. The van der Waals surface area contributed by atoms with Crippen LogP contribution in [0.2, 0.25) is 0 Å². The highest BCUT2D eigenvalue weighted by atomic mass is 16.5. The number of carbonyl (C=O) groups excluding carboxylic acids is 1. The predicted molar refractivity (Wildman–Crippen MR) is 103 cm³/mol. The van der Waals surface area contributed by atoms with E-state index >= 15 is 0 Å². The number of hydrogen-bond donors (Lipinski definition) is 1. The third-order valence-electron chi connectivity index (χ3n) is 5.45. The summed E-state index contributed by atoms with van der Waals surface area (Å²) in [5, 5.41) is 3.48. The second-order valence-electron chi connectivity index (χ2n) is 7.13. The van der Waals surface area contributed by atoms with Crippen LogP contribution in [0.5, 0.6) is 0 Å². The zero-order valence-electron chi connectivity index (χ0n) is 15.1. The molecule has 0 bridgehead atoms. The fraction of sp³-hybridized carbons (Fsp3) is 0.429. The van der Waals surface area contributed by atoms with Crippen molar-refractivity contribution in [3.05, 3.63) is 53.7 Å². The van der Waals surface area contributed by atoms with Gasteiger partial charge in [0.1, 0.15) is 5.82 Å². The van der Waals surface area contributed by atoms with E-state index in [2.05, 4.69) is 16.4 Å². The molecule has 1 aromatic carbocycles. The van der Waals surface area contributed by atoms with Crippen molar-refractivity contribution in [2.75, 3.05) is 23.9 Å². The van der Waals surface area contributed by atoms with Gasteiger partial charge in [-0.15, -0.1) is 0 Å². The minimum Gasteiger partial charge on any atom is -0.381 e. The summed E-state index contributed by atoms with van der Waals surface area (Å²) in [5.41, 5.74) is 2.88. The smallest absolute Gasteiger partial charge is 0.259 e. The number of hydrogen-bond acceptors (Lipinski definition) is 4. The van der Waals surface area contributed by atoms with Crippen LogP contribution in [-0.4, -0.2) is 36.7 Å². The molecule has 1 saturated carbocycles. The SMILES string of the molecule is COC1CCCC(Nc2ccc(C(=O)N3CCc4ccccc43)cn2)C1. The van der Waals surface area contributed by atoms with Crippen LogP contribution in [0.3, 0.4) is 0 Å². The molecule has 5 nitrogen and oxygen atoms in total. The normalized spacial score (nSPS) is 22.1. The molecule has 0 spiro atoms. The molecule has 2 heterocycles. The molecule has 1 N–H and O–H groups in total. The molecule has 2 aromatic rings. The number of nitrogens with zero attached hydrogens (tertiary/aromatic N) is 2. The van der Waals surface area contributed by atoms with E-state index in [0.717, 1.165) is 43.7 Å². The molecule has 1 fully saturated rings. The molecular weight excluding hydrogens is 326 g/mol. The standard InChI is InChI=1S/C21H25N3O2/c1-26-18-7-4-6-17(13-18)23-20-10-9-16(14-22-20)21(25)24-12-11-15-5-2-3-8-19(15)24/h2-3,5,8-10,14,17-18H,4,6-7,11-13H2,1H3,(H,22,23). The Labute approximate surface area is 154 Å². The fourth-order valence-electron chi connectivity index (χ4n) is 4.01. The number of methoxy groups -OCH3 is 1. The van der Waals surface area contributed by atoms with E-state index in [0.29, 0.717) is 17.7 Å². The Morgan fingerprint density at radius 1 is 1.23 bits per heavy atom. The molecule has 1 aromatic heterocycles. The molecule has 2 atom stereocenters. The lowest BCUT2D eigenvalue weighted by molar-refractivity contribution is 0.0669. The lowest BCUT2D eigenvalue weighted by atomic mass is 9.93. The topological polar surface area (TPSA) is 54.5 Å². The first-order valence-electron chi connectivity index (χ1n) is 9.40. The van der Waals surface area contributed by atoms with Gasteiger partial charge in [-0.05, 0) is 55.9 Å². The van der Waals surface area contributed by atoms with E-state index in [1.165, 1.54) is 12.0 Å². The largest absolute Gasteiger partial charge is 0.381 e. The summed E-state index contributed by atoms with van der Waals surface area (Å²) in [6, 6.07) is 12.3. The number of carbonyl (C=O) groups is 1. The van der Waals surface area contributed by atoms with E-state index in [-0.39, 0.29) is 5.91 Å². The molecule has 4 rings (SSSR count). The molecule has 26 heavy (non-hydrogen) atoms. The van der Waals surface area contributed by atoms with Crippen LogP contribution in [0, 0.1) is 0 Å². The maximum Gasteiger partial charge on any atom is 0.259 e. The van der Waals surface area contributed by atoms with Crippen LogP contribution in [0.4, 0.5) is 11.5 Å². The molecule has 5 heteroatoms. The Morgan fingerprint density at radius 3 is 2.92 bits per heavy atom. The number of fused-ring (bicyclic) bond motifs is 1. The first kappa shape index (κ1) is 17.0. The molecule has 1 aliphatic heterocycles. The molecule has 2 unspecified atom stereocenters. The number of para-hydroxylation sites is 1. The number of pyridine rings is 1. The van der Waals surface area contributed by atoms with Crippen molar-refractivity contribution in [3.8, 4) is 0 Å². The Kier molecular flexibility index (Phi) is 4.89. The van der Waals surface area contributed by atoms with Crippen molar-refractivity contribution in [2.45, 2.75) is 44.2 Å². The Balaban J connectivity index is 1.42. The van der Waals surface area contributed by atoms with Gasteiger partial charge in [-0.25, -0.2) is 4.98 Å². The van der Waals surface area contributed by atoms with E-state index in [4.69, 9.17) is 4.74 Å². The summed E-state index contributed by atoms with van der Waals surface area (Å²) in [5.74, 6) is 0.844. The van der Waals surface area contributed by atoms with Crippen LogP contribution in [0.25, 0.3) is 0 Å². The van der Waals surface area contributed by atoms with Gasteiger partial charge >= 0.3 is 0 Å². The monoisotopic (exact) mass is 351 g/mol. The van der Waals surface area contributed by atoms with Gasteiger partial charge in [0.25, 0.3) is 5.91 Å². The summed E-state index contributed by atoms with van der Waals surface area (Å²) >= 11 is 0. The van der Waals surface area contributed by atoms with E-state index in [1.54, 1.807) is 13.3 Å². The molecule has 0 radical (unpaired) electrons. The van der Waals surface area contributed by atoms with E-state index in [1.807, 2.05) is 35.2 Å². The lowest BCUT2D eigenvalue weighted by Crippen LogP contribution is -2.31. The maximum absolute atomic E-state index is 12.8. The summed E-state index contributed by atoms with van der Waals surface area (Å²) in [6.45, 7) is 0.735. The molecule has 136 valence electrons. The zero-order chi connectivity index (χ0) is 17.9. The molecular formula is C21H25N3O2. The van der Waals surface area contributed by atoms with Crippen LogP contribution in [0.1, 0.15) is 41.6 Å². The first-order chi connectivity index (χ1) is 12.7. The van der Waals surface area contributed by atoms with Gasteiger partial charge in [-0.1, -0.05) is 18.2 Å². The third-order valence-corrected chi connectivity index (χ3v) is 5.45. The summed E-state index contributed by atoms with van der Waals surface area (Å²) < 4.78 is 5.48. The van der Waals surface area contributed by atoms with Gasteiger partial charge < -0.3 is 15.0 Å². The molecule has 2 aliphatic rings. The summed E-state index contributed by atoms with van der Waals surface area (Å²) in [7, 11) is 1.78. The highest BCUT2D eigenvalue weighted by Crippen LogP contribution is 2.29. The zero-order valence-corrected chi connectivity index (χ0v) is 15.1. The van der Waals surface area contributed by atoms with Crippen LogP contribution >= 0.6 is 0 Å². The van der Waals surface area contributed by atoms with Crippen molar-refractivity contribution >= 4 is 17.4 Å². The van der Waals surface area contributed by atoms with Crippen molar-refractivity contribution in [1.82, 2.24) is 4.98 Å². The average molecular weight is 351 g/mol. The van der Waals surface area contributed by atoms with Gasteiger partial charge in [0.15, 0.2) is 0 Å². The van der Waals surface area contributed by atoms with E-state index < -0.39 is 0 Å². The highest BCUT2D eigenvalue weighted by Gasteiger charge is 2.25. The fourth-order valence-corrected chi connectivity index (χ4v) is 4.01. The molecule has 1 aliphatic carbocycles. The number of ether oxygens (including phenoxy) is 1. The van der Waals surface area contributed by atoms with Gasteiger partial charge in [0.05, 0.1) is 11.7 Å². The Bertz CT molecular complexity index is 775. The molecule has 1 amide bonds. The predicted octanol–water partition coefficient (Wildman–Crippen LogP) is 3.65. The van der Waals surface area contributed by atoms with Gasteiger partial charge in [-0.2, -0.15) is 0 Å². The van der Waals surface area contributed by atoms with E-state index in [9.17, 15) is 4.79 Å². The van der Waals surface area contributed by atoms with Crippen molar-refractivity contribution < 1.29 is 9.53 Å². The number of amides is 1. The summed E-state index contributed by atoms with van der Waals surface area (Å²) in [6.07, 6.45) is 7.36. The minimum absolute atomic E-state index is 0.0195. The number of anilines is 2. The summed E-state index contributed by atoms with van der Waals surface area (Å²) in [4.78, 5) is 19.2. The molecule has 0 saturated heterocycles. The maximum atomic E-state index is 12.8. The second-order valence-corrected chi connectivity index (χ2v) is 7.13. The Hall–Kier alpha value is -2.40. The number of rotatable bonds is 4. The van der Waals surface area contributed by atoms with Crippen LogP contribution in [0.15, 0.2) is 42.6 Å². The minimum atomic E-state index is 0.0195. The van der Waals surface area contributed by atoms with Crippen LogP contribution < -0.4 is 10.2 Å². The van der Waals surface area contributed by atoms with Crippen LogP contribution in [-0.2, 0) is 11.2 Å². The third kappa shape index (κ3) is 3.44.